The summed E-state index contributed by atoms with van der Waals surface area (Å²) in [5.41, 5.74) is 0.571. The number of aromatic nitrogens is 1. The number of phenolic OH excluding ortho intramolecular Hbond substituents is 1. The second-order valence-electron chi connectivity index (χ2n) is 4.56. The molecule has 7 heteroatoms. The van der Waals surface area contributed by atoms with E-state index in [9.17, 15) is 9.90 Å². The molecule has 120 valence electrons. The first-order valence-electron chi connectivity index (χ1n) is 6.56. The largest absolute Gasteiger partial charge is 0.504 e. The van der Waals surface area contributed by atoms with E-state index in [4.69, 9.17) is 14.9 Å². The van der Waals surface area contributed by atoms with Crippen LogP contribution < -0.4 is 10.1 Å². The fourth-order valence-corrected chi connectivity index (χ4v) is 2.39. The van der Waals surface area contributed by atoms with Gasteiger partial charge in [0.15, 0.2) is 11.5 Å². The molecule has 1 heterocycles. The Morgan fingerprint density at radius 3 is 2.52 bits per heavy atom. The number of esters is 1. The summed E-state index contributed by atoms with van der Waals surface area (Å²) in [5, 5.41) is 18.1. The van der Waals surface area contributed by atoms with Gasteiger partial charge in [0.25, 0.3) is 0 Å². The number of aromatic hydroxyl groups is 1. The third-order valence-corrected chi connectivity index (χ3v) is 3.54. The summed E-state index contributed by atoms with van der Waals surface area (Å²) in [6.07, 6.45) is 4.62. The lowest BCUT2D eigenvalue weighted by Crippen LogP contribution is -2.12. The molecule has 0 atom stereocenters. The highest BCUT2D eigenvalue weighted by molar-refractivity contribution is 9.10. The average molecular weight is 379 g/mol. The molecule has 2 N–H and O–H groups in total. The third-order valence-electron chi connectivity index (χ3n) is 3.08. The van der Waals surface area contributed by atoms with Gasteiger partial charge in [-0.1, -0.05) is 15.9 Å². The highest BCUT2D eigenvalue weighted by Crippen LogP contribution is 2.35. The zero-order valence-corrected chi connectivity index (χ0v) is 14.1. The van der Waals surface area contributed by atoms with Gasteiger partial charge >= 0.3 is 5.97 Å². The molecule has 23 heavy (non-hydrogen) atoms. The van der Waals surface area contributed by atoms with E-state index in [-0.39, 0.29) is 17.2 Å². The third kappa shape index (κ3) is 3.81. The van der Waals surface area contributed by atoms with Crippen molar-refractivity contribution in [2.75, 3.05) is 14.2 Å². The second kappa shape index (κ2) is 7.15. The predicted molar refractivity (Wildman–Crippen MR) is 88.8 cm³/mol. The maximum Gasteiger partial charge on any atom is 0.355 e. The lowest BCUT2D eigenvalue weighted by molar-refractivity contribution is -0.134. The van der Waals surface area contributed by atoms with Crippen LogP contribution >= 0.6 is 15.9 Å². The fraction of sp³-hybridized carbons (Fsp3) is 0.125. The van der Waals surface area contributed by atoms with Crippen molar-refractivity contribution in [2.24, 2.45) is 0 Å². The van der Waals surface area contributed by atoms with E-state index in [1.165, 1.54) is 37.0 Å². The molecule has 0 unspecified atom stereocenters. The van der Waals surface area contributed by atoms with Crippen molar-refractivity contribution in [1.82, 2.24) is 4.57 Å². The van der Waals surface area contributed by atoms with Crippen molar-refractivity contribution in [3.8, 4) is 11.5 Å². The summed E-state index contributed by atoms with van der Waals surface area (Å²) in [6.45, 7) is 0. The maximum atomic E-state index is 12.1. The predicted octanol–water partition coefficient (Wildman–Crippen LogP) is 2.62. The summed E-state index contributed by atoms with van der Waals surface area (Å²) in [6, 6.07) is 6.35. The molecule has 2 rings (SSSR count). The normalized spacial score (nSPS) is 11.2. The number of nitrogens with zero attached hydrogens (tertiary/aromatic N) is 1. The van der Waals surface area contributed by atoms with Gasteiger partial charge in [-0.2, -0.15) is 0 Å². The number of hydrogen-bond donors (Lipinski definition) is 2. The summed E-state index contributed by atoms with van der Waals surface area (Å²) in [4.78, 5) is 12.1. The Kier molecular flexibility index (Phi) is 5.23. The lowest BCUT2D eigenvalue weighted by atomic mass is 10.1. The van der Waals surface area contributed by atoms with Crippen molar-refractivity contribution in [3.05, 3.63) is 52.1 Å². The first-order chi connectivity index (χ1) is 11.0. The van der Waals surface area contributed by atoms with Crippen LogP contribution in [0.25, 0.3) is 11.8 Å². The maximum absolute atomic E-state index is 12.1. The van der Waals surface area contributed by atoms with Crippen molar-refractivity contribution in [1.29, 1.82) is 5.41 Å². The first kappa shape index (κ1) is 16.8. The van der Waals surface area contributed by atoms with Crippen LogP contribution in [0.1, 0.15) is 5.56 Å². The van der Waals surface area contributed by atoms with Crippen LogP contribution in [0.4, 0.5) is 0 Å². The lowest BCUT2D eigenvalue weighted by Gasteiger charge is -2.11. The molecule has 2 aromatic rings. The van der Waals surface area contributed by atoms with Crippen LogP contribution in [0.15, 0.2) is 41.1 Å². The molecule has 0 spiro atoms. The van der Waals surface area contributed by atoms with Gasteiger partial charge in [0, 0.05) is 22.4 Å². The molecule has 0 radical (unpaired) electrons. The van der Waals surface area contributed by atoms with Gasteiger partial charge in [0.1, 0.15) is 5.70 Å². The summed E-state index contributed by atoms with van der Waals surface area (Å²) >= 11 is 3.33. The van der Waals surface area contributed by atoms with Crippen LogP contribution in [0, 0.1) is 5.41 Å². The Morgan fingerprint density at radius 1 is 1.30 bits per heavy atom. The van der Waals surface area contributed by atoms with E-state index in [2.05, 4.69) is 15.9 Å². The highest BCUT2D eigenvalue weighted by atomic mass is 79.9. The Morgan fingerprint density at radius 2 is 1.96 bits per heavy atom. The average Bonchev–Trinajstić information content (AvgIpc) is 2.55. The molecule has 1 aromatic heterocycles. The highest BCUT2D eigenvalue weighted by Gasteiger charge is 2.15. The van der Waals surface area contributed by atoms with Gasteiger partial charge in [0.05, 0.1) is 19.6 Å². The van der Waals surface area contributed by atoms with Crippen molar-refractivity contribution >= 4 is 33.7 Å². The zero-order valence-electron chi connectivity index (χ0n) is 12.5. The Labute approximate surface area is 141 Å². The summed E-state index contributed by atoms with van der Waals surface area (Å²) in [7, 11) is 2.72. The molecule has 0 aliphatic carbocycles. The minimum atomic E-state index is -0.578. The SMILES string of the molecule is COC(=O)/C(=C\c1cc(Br)cc(OC)c1O)n1ccc(=N)cc1. The quantitative estimate of drug-likeness (QED) is 0.632. The number of methoxy groups -OCH3 is 2. The van der Waals surface area contributed by atoms with Crippen molar-refractivity contribution in [2.45, 2.75) is 0 Å². The van der Waals surface area contributed by atoms with Crippen LogP contribution in [0.3, 0.4) is 0 Å². The fourth-order valence-electron chi connectivity index (χ4n) is 1.94. The Bertz CT molecular complexity index is 807. The molecule has 0 aliphatic rings. The molecule has 0 amide bonds. The van der Waals surface area contributed by atoms with E-state index < -0.39 is 5.97 Å². The molecule has 0 saturated carbocycles. The molecule has 0 saturated heterocycles. The summed E-state index contributed by atoms with van der Waals surface area (Å²) in [5.74, 6) is -0.387. The van der Waals surface area contributed by atoms with E-state index >= 15 is 0 Å². The van der Waals surface area contributed by atoms with Gasteiger partial charge in [-0.05, 0) is 30.3 Å². The number of phenols is 1. The standard InChI is InChI=1S/C16H15BrN2O4/c1-22-14-9-11(17)7-10(15(14)20)8-13(16(21)23-2)19-5-3-12(18)4-6-19/h3-9,18,20H,1-2H3/b13-8+. The van der Waals surface area contributed by atoms with E-state index in [0.717, 1.165) is 0 Å². The second-order valence-corrected chi connectivity index (χ2v) is 5.48. The first-order valence-corrected chi connectivity index (χ1v) is 7.35. The van der Waals surface area contributed by atoms with Crippen LogP contribution in [-0.2, 0) is 9.53 Å². The minimum absolute atomic E-state index is 0.0881. The van der Waals surface area contributed by atoms with Crippen molar-refractivity contribution < 1.29 is 19.4 Å². The molecule has 0 bridgehead atoms. The van der Waals surface area contributed by atoms with E-state index in [0.29, 0.717) is 15.4 Å². The number of carbonyl (C=O) groups is 1. The van der Waals surface area contributed by atoms with Crippen LogP contribution in [0.2, 0.25) is 0 Å². The zero-order chi connectivity index (χ0) is 17.0. The smallest absolute Gasteiger partial charge is 0.355 e. The van der Waals surface area contributed by atoms with Gasteiger partial charge < -0.3 is 24.6 Å². The van der Waals surface area contributed by atoms with E-state index in [1.807, 2.05) is 0 Å². The number of hydrogen-bond acceptors (Lipinski definition) is 5. The number of carbonyl (C=O) groups excluding carboxylic acids is 1. The molecule has 1 aromatic carbocycles. The minimum Gasteiger partial charge on any atom is -0.504 e. The topological polar surface area (TPSA) is 84.5 Å². The molecule has 0 fully saturated rings. The molecular formula is C16H15BrN2O4. The molecule has 6 nitrogen and oxygen atoms in total. The Balaban J connectivity index is 2.62. The molecular weight excluding hydrogens is 364 g/mol. The number of pyridine rings is 1. The van der Waals surface area contributed by atoms with Gasteiger partial charge in [-0.3, -0.25) is 0 Å². The number of ether oxygens (including phenoxy) is 2. The van der Waals surface area contributed by atoms with Crippen LogP contribution in [0.5, 0.6) is 11.5 Å². The summed E-state index contributed by atoms with van der Waals surface area (Å²) < 4.78 is 12.1. The number of benzene rings is 1. The van der Waals surface area contributed by atoms with Crippen LogP contribution in [-0.4, -0.2) is 29.9 Å². The Hall–Kier alpha value is -2.54. The number of halogens is 1. The van der Waals surface area contributed by atoms with E-state index in [1.54, 1.807) is 24.5 Å². The van der Waals surface area contributed by atoms with Gasteiger partial charge in [-0.15, -0.1) is 0 Å². The monoisotopic (exact) mass is 378 g/mol. The molecule has 0 aliphatic heterocycles. The number of nitrogens with one attached hydrogen (secondary N) is 1. The van der Waals surface area contributed by atoms with Crippen molar-refractivity contribution in [3.63, 3.8) is 0 Å². The van der Waals surface area contributed by atoms with Gasteiger partial charge in [-0.25, -0.2) is 4.79 Å². The van der Waals surface area contributed by atoms with Gasteiger partial charge in [0.2, 0.25) is 0 Å². The number of rotatable bonds is 4.